The van der Waals surface area contributed by atoms with E-state index in [-0.39, 0.29) is 0 Å². The number of anilines is 1. The van der Waals surface area contributed by atoms with E-state index in [2.05, 4.69) is 15.4 Å². The van der Waals surface area contributed by atoms with Crippen LogP contribution >= 0.6 is 34.8 Å². The van der Waals surface area contributed by atoms with Gasteiger partial charge in [-0.15, -0.1) is 5.10 Å². The molecule has 2 heterocycles. The molecule has 3 N–H and O–H groups in total. The van der Waals surface area contributed by atoms with Gasteiger partial charge in [0.25, 0.3) is 0 Å². The Morgan fingerprint density at radius 1 is 1.18 bits per heavy atom. The van der Waals surface area contributed by atoms with Crippen molar-refractivity contribution >= 4 is 46.7 Å². The van der Waals surface area contributed by atoms with Crippen LogP contribution in [0.2, 0.25) is 15.1 Å². The van der Waals surface area contributed by atoms with Gasteiger partial charge >= 0.3 is 0 Å². The number of nitrogens with zero attached hydrogens (tertiary/aromatic N) is 3. The smallest absolute Gasteiger partial charge is 0.248 e. The molecule has 0 saturated carbocycles. The highest BCUT2D eigenvalue weighted by Gasteiger charge is 2.34. The van der Waals surface area contributed by atoms with E-state index in [0.717, 1.165) is 5.56 Å². The molecule has 2 aromatic carbocycles. The van der Waals surface area contributed by atoms with Crippen LogP contribution in [0.25, 0.3) is 11.4 Å². The first kappa shape index (κ1) is 18.8. The number of benzene rings is 2. The average molecular weight is 435 g/mol. The number of carbonyl (C=O) groups is 1. The number of nitrogens with two attached hydrogens (primary N) is 1. The van der Waals surface area contributed by atoms with Crippen molar-refractivity contribution in [1.82, 2.24) is 14.8 Å². The van der Waals surface area contributed by atoms with Gasteiger partial charge in [-0.25, -0.2) is 4.68 Å². The van der Waals surface area contributed by atoms with Crippen molar-refractivity contribution in [1.29, 1.82) is 0 Å². The summed E-state index contributed by atoms with van der Waals surface area (Å²) < 4.78 is 1.58. The highest BCUT2D eigenvalue weighted by Crippen LogP contribution is 2.40. The normalized spacial score (nSPS) is 15.9. The monoisotopic (exact) mass is 433 g/mol. The SMILES string of the molecule is CC1=C(C(N)=O)C(c2cccc(Cl)c2Cl)n2nc(-c3cccc(Cl)c3)nc2N1. The molecule has 6 nitrogen and oxygen atoms in total. The minimum atomic E-state index is -0.666. The second kappa shape index (κ2) is 7.13. The molecule has 0 fully saturated rings. The molecule has 1 aliphatic heterocycles. The van der Waals surface area contributed by atoms with Gasteiger partial charge in [-0.2, -0.15) is 4.98 Å². The summed E-state index contributed by atoms with van der Waals surface area (Å²) in [6.45, 7) is 1.75. The van der Waals surface area contributed by atoms with E-state index < -0.39 is 11.9 Å². The van der Waals surface area contributed by atoms with E-state index >= 15 is 0 Å². The maximum absolute atomic E-state index is 12.2. The predicted octanol–water partition coefficient (Wildman–Crippen LogP) is 4.68. The standard InChI is InChI=1S/C19H14Cl3N5O/c1-9-14(17(23)28)16(12-6-3-7-13(21)15(12)22)27-19(24-9)25-18(26-27)10-4-2-5-11(20)8-10/h2-8,16H,1H3,(H2,23,28)(H,24,25,26). The molecule has 1 unspecified atom stereocenters. The minimum Gasteiger partial charge on any atom is -0.366 e. The number of nitrogens with one attached hydrogen (secondary N) is 1. The zero-order valence-corrected chi connectivity index (χ0v) is 16.8. The van der Waals surface area contributed by atoms with E-state index in [9.17, 15) is 4.79 Å². The molecule has 0 saturated heterocycles. The third-order valence-electron chi connectivity index (χ3n) is 4.48. The molecule has 0 bridgehead atoms. The first-order valence-electron chi connectivity index (χ1n) is 8.31. The lowest BCUT2D eigenvalue weighted by Gasteiger charge is -2.28. The number of aromatic nitrogens is 3. The Morgan fingerprint density at radius 3 is 2.64 bits per heavy atom. The Bertz CT molecular complexity index is 1140. The van der Waals surface area contributed by atoms with Crippen molar-refractivity contribution in [2.75, 3.05) is 5.32 Å². The molecule has 0 spiro atoms. The molecule has 0 radical (unpaired) electrons. The highest BCUT2D eigenvalue weighted by molar-refractivity contribution is 6.42. The van der Waals surface area contributed by atoms with Crippen molar-refractivity contribution in [3.05, 3.63) is 74.4 Å². The topological polar surface area (TPSA) is 85.8 Å². The van der Waals surface area contributed by atoms with E-state index in [1.165, 1.54) is 0 Å². The van der Waals surface area contributed by atoms with Crippen molar-refractivity contribution in [3.8, 4) is 11.4 Å². The van der Waals surface area contributed by atoms with Gasteiger partial charge in [0.1, 0.15) is 6.04 Å². The zero-order chi connectivity index (χ0) is 20.0. The van der Waals surface area contributed by atoms with Gasteiger partial charge in [0, 0.05) is 21.8 Å². The zero-order valence-electron chi connectivity index (χ0n) is 14.6. The fourth-order valence-electron chi connectivity index (χ4n) is 3.24. The number of carbonyl (C=O) groups excluding carboxylic acids is 1. The van der Waals surface area contributed by atoms with Crippen LogP contribution < -0.4 is 11.1 Å². The molecule has 4 rings (SSSR count). The lowest BCUT2D eigenvalue weighted by atomic mass is 9.95. The van der Waals surface area contributed by atoms with E-state index in [4.69, 9.17) is 40.5 Å². The Balaban J connectivity index is 1.93. The molecule has 1 atom stereocenters. The minimum absolute atomic E-state index is 0.327. The van der Waals surface area contributed by atoms with Crippen molar-refractivity contribution < 1.29 is 4.79 Å². The Labute approximate surface area is 175 Å². The quantitative estimate of drug-likeness (QED) is 0.627. The van der Waals surface area contributed by atoms with Gasteiger partial charge in [-0.1, -0.05) is 59.1 Å². The fourth-order valence-corrected chi connectivity index (χ4v) is 3.84. The average Bonchev–Trinajstić information content (AvgIpc) is 3.06. The summed E-state index contributed by atoms with van der Waals surface area (Å²) in [6, 6.07) is 11.7. The summed E-state index contributed by atoms with van der Waals surface area (Å²) in [5, 5.41) is 8.96. The molecule has 142 valence electrons. The van der Waals surface area contributed by atoms with Crippen LogP contribution in [0.4, 0.5) is 5.95 Å². The fraction of sp³-hybridized carbons (Fsp3) is 0.105. The number of halogens is 3. The second-order valence-electron chi connectivity index (χ2n) is 6.29. The second-order valence-corrected chi connectivity index (χ2v) is 7.51. The maximum Gasteiger partial charge on any atom is 0.248 e. The van der Waals surface area contributed by atoms with Gasteiger partial charge < -0.3 is 11.1 Å². The molecule has 28 heavy (non-hydrogen) atoms. The first-order valence-corrected chi connectivity index (χ1v) is 9.44. The summed E-state index contributed by atoms with van der Waals surface area (Å²) in [7, 11) is 0. The number of hydrogen-bond donors (Lipinski definition) is 2. The molecule has 1 aromatic heterocycles. The largest absolute Gasteiger partial charge is 0.366 e. The van der Waals surface area contributed by atoms with Crippen molar-refractivity contribution in [2.45, 2.75) is 13.0 Å². The molecular weight excluding hydrogens is 421 g/mol. The van der Waals surface area contributed by atoms with Crippen LogP contribution in [0.15, 0.2) is 53.7 Å². The number of amides is 1. The summed E-state index contributed by atoms with van der Waals surface area (Å²) >= 11 is 18.7. The molecule has 1 aliphatic rings. The van der Waals surface area contributed by atoms with Crippen LogP contribution in [0.1, 0.15) is 18.5 Å². The molecule has 3 aromatic rings. The van der Waals surface area contributed by atoms with Crippen LogP contribution in [0.3, 0.4) is 0 Å². The van der Waals surface area contributed by atoms with E-state index in [0.29, 0.717) is 43.7 Å². The Hall–Kier alpha value is -2.54. The van der Waals surface area contributed by atoms with E-state index in [1.54, 1.807) is 41.9 Å². The molecular formula is C19H14Cl3N5O. The number of allylic oxidation sites excluding steroid dienone is 1. The van der Waals surface area contributed by atoms with E-state index in [1.807, 2.05) is 12.1 Å². The number of fused-ring (bicyclic) bond motifs is 1. The maximum atomic E-state index is 12.2. The van der Waals surface area contributed by atoms with Crippen molar-refractivity contribution in [2.24, 2.45) is 5.73 Å². The van der Waals surface area contributed by atoms with Crippen LogP contribution in [-0.4, -0.2) is 20.7 Å². The summed E-state index contributed by atoms with van der Waals surface area (Å²) in [6.07, 6.45) is 0. The molecule has 0 aliphatic carbocycles. The predicted molar refractivity (Wildman–Crippen MR) is 111 cm³/mol. The van der Waals surface area contributed by atoms with Crippen LogP contribution in [0, 0.1) is 0 Å². The van der Waals surface area contributed by atoms with Gasteiger partial charge in [0.15, 0.2) is 5.82 Å². The Morgan fingerprint density at radius 2 is 1.93 bits per heavy atom. The molecule has 1 amide bonds. The highest BCUT2D eigenvalue weighted by atomic mass is 35.5. The van der Waals surface area contributed by atoms with Crippen molar-refractivity contribution in [3.63, 3.8) is 0 Å². The Kier molecular flexibility index (Phi) is 4.79. The van der Waals surface area contributed by atoms with Gasteiger partial charge in [-0.3, -0.25) is 4.79 Å². The summed E-state index contributed by atoms with van der Waals surface area (Å²) in [4.78, 5) is 16.8. The first-order chi connectivity index (χ1) is 13.4. The van der Waals surface area contributed by atoms with Gasteiger partial charge in [0.2, 0.25) is 11.9 Å². The van der Waals surface area contributed by atoms with Gasteiger partial charge in [-0.05, 0) is 25.1 Å². The lowest BCUT2D eigenvalue weighted by molar-refractivity contribution is -0.115. The molecule has 9 heteroatoms. The third-order valence-corrected chi connectivity index (χ3v) is 5.55. The third kappa shape index (κ3) is 3.13. The number of rotatable bonds is 3. The summed E-state index contributed by atoms with van der Waals surface area (Å²) in [5.74, 6) is 0.321. The number of hydrogen-bond acceptors (Lipinski definition) is 4. The summed E-state index contributed by atoms with van der Waals surface area (Å²) in [5.41, 5.74) is 7.93. The number of primary amides is 1. The van der Waals surface area contributed by atoms with Crippen LogP contribution in [0.5, 0.6) is 0 Å². The van der Waals surface area contributed by atoms with Gasteiger partial charge in [0.05, 0.1) is 15.6 Å². The lowest BCUT2D eigenvalue weighted by Crippen LogP contribution is -2.32. The van der Waals surface area contributed by atoms with Crippen LogP contribution in [-0.2, 0) is 4.79 Å².